The third kappa shape index (κ3) is 6.91. The van der Waals surface area contributed by atoms with Gasteiger partial charge in [-0.1, -0.05) is 24.3 Å². The van der Waals surface area contributed by atoms with Gasteiger partial charge in [0, 0.05) is 24.7 Å². The van der Waals surface area contributed by atoms with Crippen LogP contribution in [0.2, 0.25) is 0 Å². The van der Waals surface area contributed by atoms with E-state index in [1.807, 2.05) is 0 Å². The van der Waals surface area contributed by atoms with Crippen molar-refractivity contribution in [1.29, 1.82) is 0 Å². The lowest BCUT2D eigenvalue weighted by molar-refractivity contribution is -0.139. The second-order valence-corrected chi connectivity index (χ2v) is 11.2. The summed E-state index contributed by atoms with van der Waals surface area (Å²) in [7, 11) is -4.50. The van der Waals surface area contributed by atoms with Crippen molar-refractivity contribution >= 4 is 16.1 Å². The molecule has 1 amide bonds. The highest BCUT2D eigenvalue weighted by molar-refractivity contribution is 7.89. The van der Waals surface area contributed by atoms with Crippen LogP contribution >= 0.6 is 0 Å². The van der Waals surface area contributed by atoms with E-state index in [1.165, 1.54) is 11.0 Å². The van der Waals surface area contributed by atoms with Crippen LogP contribution in [0, 0.1) is 0 Å². The maximum Gasteiger partial charge on any atom is 0.417 e. The highest BCUT2D eigenvalue weighted by Gasteiger charge is 2.39. The fourth-order valence-electron chi connectivity index (χ4n) is 3.93. The fraction of sp³-hybridized carbons (Fsp3) is 0.480. The zero-order chi connectivity index (χ0) is 26.7. The number of hydrogen-bond acceptors (Lipinski definition) is 5. The molecule has 7 nitrogen and oxygen atoms in total. The van der Waals surface area contributed by atoms with Gasteiger partial charge in [-0.2, -0.15) is 13.2 Å². The molecule has 0 aromatic heterocycles. The van der Waals surface area contributed by atoms with E-state index >= 15 is 0 Å². The van der Waals surface area contributed by atoms with E-state index in [1.54, 1.807) is 52.0 Å². The third-order valence-corrected chi connectivity index (χ3v) is 7.12. The Hall–Kier alpha value is -2.79. The number of halogens is 3. The number of nitrogens with one attached hydrogen (secondary N) is 1. The van der Waals surface area contributed by atoms with Gasteiger partial charge < -0.3 is 14.4 Å². The minimum absolute atomic E-state index is 0.191. The van der Waals surface area contributed by atoms with Gasteiger partial charge in [-0.05, 0) is 64.3 Å². The van der Waals surface area contributed by atoms with Crippen molar-refractivity contribution in [3.8, 4) is 16.9 Å². The van der Waals surface area contributed by atoms with Crippen molar-refractivity contribution in [2.75, 3.05) is 19.7 Å². The SMILES string of the molecule is CCOc1ccccc1-c1ccc(S(=O)(=O)NC2CCN(C(=O)OC(C)(C)C)CC2)c(C(F)(F)F)c1. The monoisotopic (exact) mass is 528 g/mol. The highest BCUT2D eigenvalue weighted by Crippen LogP contribution is 2.39. The number of benzene rings is 2. The molecule has 2 aromatic carbocycles. The van der Waals surface area contributed by atoms with Gasteiger partial charge in [-0.3, -0.25) is 0 Å². The summed E-state index contributed by atoms with van der Waals surface area (Å²) in [5, 5.41) is 0. The smallest absolute Gasteiger partial charge is 0.417 e. The summed E-state index contributed by atoms with van der Waals surface area (Å²) in [6, 6.07) is 9.15. The van der Waals surface area contributed by atoms with Crippen LogP contribution in [-0.2, 0) is 20.9 Å². The van der Waals surface area contributed by atoms with Crippen LogP contribution < -0.4 is 9.46 Å². The number of piperidine rings is 1. The Bertz CT molecular complexity index is 1180. The Kier molecular flexibility index (Phi) is 8.24. The summed E-state index contributed by atoms with van der Waals surface area (Å²) in [5.41, 5.74) is -1.31. The van der Waals surface area contributed by atoms with Crippen molar-refractivity contribution in [3.63, 3.8) is 0 Å². The molecule has 11 heteroatoms. The lowest BCUT2D eigenvalue weighted by Gasteiger charge is -2.33. The van der Waals surface area contributed by atoms with Crippen molar-refractivity contribution in [2.45, 2.75) is 63.3 Å². The molecule has 1 saturated heterocycles. The third-order valence-electron chi connectivity index (χ3n) is 5.54. The van der Waals surface area contributed by atoms with Crippen LogP contribution in [0.4, 0.5) is 18.0 Å². The molecular weight excluding hydrogens is 497 g/mol. The van der Waals surface area contributed by atoms with Gasteiger partial charge in [0.15, 0.2) is 0 Å². The van der Waals surface area contributed by atoms with E-state index in [0.717, 1.165) is 12.1 Å². The molecule has 1 heterocycles. The number of carbonyl (C=O) groups excluding carboxylic acids is 1. The molecule has 0 aliphatic carbocycles. The van der Waals surface area contributed by atoms with E-state index in [4.69, 9.17) is 9.47 Å². The van der Waals surface area contributed by atoms with Crippen LogP contribution in [0.5, 0.6) is 5.75 Å². The van der Waals surface area contributed by atoms with Gasteiger partial charge in [0.1, 0.15) is 11.4 Å². The molecule has 2 aromatic rings. The number of nitrogens with zero attached hydrogens (tertiary/aromatic N) is 1. The number of para-hydroxylation sites is 1. The molecule has 0 radical (unpaired) electrons. The van der Waals surface area contributed by atoms with E-state index in [2.05, 4.69) is 4.72 Å². The largest absolute Gasteiger partial charge is 0.493 e. The first-order chi connectivity index (χ1) is 16.7. The Morgan fingerprint density at radius 2 is 1.72 bits per heavy atom. The lowest BCUT2D eigenvalue weighted by atomic mass is 10.0. The number of ether oxygens (including phenoxy) is 2. The number of hydrogen-bond donors (Lipinski definition) is 1. The number of likely N-dealkylation sites (tertiary alicyclic amines) is 1. The molecule has 198 valence electrons. The number of alkyl halides is 3. The summed E-state index contributed by atoms with van der Waals surface area (Å²) < 4.78 is 81.3. The Balaban J connectivity index is 1.82. The van der Waals surface area contributed by atoms with Crippen molar-refractivity contribution in [3.05, 3.63) is 48.0 Å². The first-order valence-corrected chi connectivity index (χ1v) is 13.1. The minimum Gasteiger partial charge on any atom is -0.493 e. The molecule has 36 heavy (non-hydrogen) atoms. The van der Waals surface area contributed by atoms with Gasteiger partial charge in [0.2, 0.25) is 10.0 Å². The van der Waals surface area contributed by atoms with Crippen LogP contribution in [0.3, 0.4) is 0 Å². The molecule has 0 unspecified atom stereocenters. The summed E-state index contributed by atoms with van der Waals surface area (Å²) in [6.07, 6.45) is -4.91. The molecule has 0 atom stereocenters. The van der Waals surface area contributed by atoms with Gasteiger partial charge in [-0.15, -0.1) is 0 Å². The highest BCUT2D eigenvalue weighted by atomic mass is 32.2. The summed E-state index contributed by atoms with van der Waals surface area (Å²) in [6.45, 7) is 7.76. The normalized spacial score (nSPS) is 15.6. The van der Waals surface area contributed by atoms with Crippen LogP contribution in [0.15, 0.2) is 47.4 Å². The predicted molar refractivity (Wildman–Crippen MR) is 129 cm³/mol. The van der Waals surface area contributed by atoms with Crippen molar-refractivity contribution in [1.82, 2.24) is 9.62 Å². The van der Waals surface area contributed by atoms with Crippen LogP contribution in [0.25, 0.3) is 11.1 Å². The predicted octanol–water partition coefficient (Wildman–Crippen LogP) is 5.45. The van der Waals surface area contributed by atoms with Crippen LogP contribution in [0.1, 0.15) is 46.1 Å². The Morgan fingerprint density at radius 1 is 1.08 bits per heavy atom. The van der Waals surface area contributed by atoms with Gasteiger partial charge >= 0.3 is 12.3 Å². The fourth-order valence-corrected chi connectivity index (χ4v) is 5.44. The average Bonchev–Trinajstić information content (AvgIpc) is 2.78. The standard InChI is InChI=1S/C25H31F3N2O5S/c1-5-34-21-9-7-6-8-19(21)17-10-11-22(20(16-17)25(26,27)28)36(32,33)29-18-12-14-30(15-13-18)23(31)35-24(2,3)4/h6-11,16,18,29H,5,12-15H2,1-4H3. The zero-order valence-corrected chi connectivity index (χ0v) is 21.5. The summed E-state index contributed by atoms with van der Waals surface area (Å²) in [5.74, 6) is 0.401. The second kappa shape index (κ2) is 10.7. The lowest BCUT2D eigenvalue weighted by Crippen LogP contribution is -2.47. The Labute approximate surface area is 209 Å². The quantitative estimate of drug-likeness (QED) is 0.539. The molecular formula is C25H31F3N2O5S. The van der Waals surface area contributed by atoms with Gasteiger partial charge in [0.25, 0.3) is 0 Å². The number of rotatable bonds is 6. The number of amides is 1. The summed E-state index contributed by atoms with van der Waals surface area (Å²) >= 11 is 0. The van der Waals surface area contributed by atoms with Crippen LogP contribution in [-0.4, -0.2) is 50.8 Å². The van der Waals surface area contributed by atoms with E-state index in [-0.39, 0.29) is 31.5 Å². The number of sulfonamides is 1. The second-order valence-electron chi connectivity index (χ2n) is 9.50. The van der Waals surface area contributed by atoms with E-state index in [0.29, 0.717) is 17.9 Å². The first-order valence-electron chi connectivity index (χ1n) is 11.6. The summed E-state index contributed by atoms with van der Waals surface area (Å²) in [4.78, 5) is 12.8. The van der Waals surface area contributed by atoms with Gasteiger partial charge in [0.05, 0.1) is 17.1 Å². The zero-order valence-electron chi connectivity index (χ0n) is 20.7. The molecule has 3 rings (SSSR count). The van der Waals surface area contributed by atoms with E-state index < -0.39 is 44.4 Å². The molecule has 1 N–H and O–H groups in total. The topological polar surface area (TPSA) is 84.9 Å². The minimum atomic E-state index is -4.90. The first kappa shape index (κ1) is 27.8. The van der Waals surface area contributed by atoms with Crippen molar-refractivity contribution in [2.24, 2.45) is 0 Å². The van der Waals surface area contributed by atoms with E-state index in [9.17, 15) is 26.4 Å². The van der Waals surface area contributed by atoms with Gasteiger partial charge in [-0.25, -0.2) is 17.9 Å². The molecule has 1 aliphatic rings. The number of carbonyl (C=O) groups is 1. The maximum absolute atomic E-state index is 14.0. The molecule has 1 fully saturated rings. The Morgan fingerprint density at radius 3 is 2.31 bits per heavy atom. The van der Waals surface area contributed by atoms with Crippen molar-refractivity contribution < 1.29 is 35.9 Å². The average molecular weight is 529 g/mol. The molecule has 0 saturated carbocycles. The molecule has 0 bridgehead atoms. The maximum atomic E-state index is 14.0. The molecule has 0 spiro atoms. The molecule has 1 aliphatic heterocycles.